The van der Waals surface area contributed by atoms with Crippen molar-refractivity contribution in [3.8, 4) is 0 Å². The van der Waals surface area contributed by atoms with Crippen LogP contribution in [-0.2, 0) is 6.54 Å². The summed E-state index contributed by atoms with van der Waals surface area (Å²) in [6.45, 7) is 1.53. The normalized spacial score (nSPS) is 13.8. The second kappa shape index (κ2) is 5.24. The molecule has 0 aliphatic carbocycles. The van der Waals surface area contributed by atoms with Gasteiger partial charge in [0.1, 0.15) is 5.82 Å². The number of carbonyl (C=O) groups excluding carboxylic acids is 1. The minimum absolute atomic E-state index is 0.346. The molecular formula is C17H15N5O. The summed E-state index contributed by atoms with van der Waals surface area (Å²) in [6, 6.07) is 14.6. The van der Waals surface area contributed by atoms with E-state index in [4.69, 9.17) is 5.73 Å². The highest BCUT2D eigenvalue weighted by molar-refractivity contribution is 5.96. The van der Waals surface area contributed by atoms with E-state index < -0.39 is 0 Å². The van der Waals surface area contributed by atoms with Gasteiger partial charge in [-0.15, -0.1) is 0 Å². The van der Waals surface area contributed by atoms with Crippen LogP contribution < -0.4 is 16.7 Å². The van der Waals surface area contributed by atoms with Crippen LogP contribution in [0.15, 0.2) is 53.5 Å². The second-order valence-electron chi connectivity index (χ2n) is 5.40. The largest absolute Gasteiger partial charge is 0.399 e. The SMILES string of the molecule is Nc1cccc(C(=O)N=c2nc3ccccc3c3n2CCN3)c1. The van der Waals surface area contributed by atoms with E-state index in [9.17, 15) is 4.79 Å². The Morgan fingerprint density at radius 1 is 1.22 bits per heavy atom. The van der Waals surface area contributed by atoms with Crippen LogP contribution in [0.2, 0.25) is 0 Å². The number of nitrogens with one attached hydrogen (secondary N) is 1. The number of rotatable bonds is 1. The van der Waals surface area contributed by atoms with Gasteiger partial charge in [0.15, 0.2) is 0 Å². The van der Waals surface area contributed by atoms with E-state index in [1.807, 2.05) is 28.8 Å². The molecule has 1 aliphatic heterocycles. The smallest absolute Gasteiger partial charge is 0.280 e. The summed E-state index contributed by atoms with van der Waals surface area (Å²) in [4.78, 5) is 21.2. The number of para-hydroxylation sites is 1. The molecule has 3 aromatic rings. The lowest BCUT2D eigenvalue weighted by Crippen LogP contribution is -2.24. The first-order valence-electron chi connectivity index (χ1n) is 7.40. The van der Waals surface area contributed by atoms with E-state index in [-0.39, 0.29) is 5.91 Å². The van der Waals surface area contributed by atoms with E-state index in [0.29, 0.717) is 16.9 Å². The van der Waals surface area contributed by atoms with Gasteiger partial charge in [-0.05, 0) is 30.3 Å². The van der Waals surface area contributed by atoms with Crippen LogP contribution in [0.4, 0.5) is 11.5 Å². The van der Waals surface area contributed by atoms with Gasteiger partial charge in [-0.25, -0.2) is 4.98 Å². The highest BCUT2D eigenvalue weighted by atomic mass is 16.1. The third kappa shape index (κ3) is 2.34. The Hall–Kier alpha value is -3.15. The van der Waals surface area contributed by atoms with Crippen molar-refractivity contribution in [3.63, 3.8) is 0 Å². The van der Waals surface area contributed by atoms with E-state index in [2.05, 4.69) is 15.3 Å². The number of carbonyl (C=O) groups is 1. The van der Waals surface area contributed by atoms with E-state index >= 15 is 0 Å². The lowest BCUT2D eigenvalue weighted by Gasteiger charge is -2.07. The van der Waals surface area contributed by atoms with Crippen molar-refractivity contribution >= 4 is 28.3 Å². The van der Waals surface area contributed by atoms with Crippen molar-refractivity contribution in [1.29, 1.82) is 0 Å². The Morgan fingerprint density at radius 3 is 2.96 bits per heavy atom. The predicted molar refractivity (Wildman–Crippen MR) is 89.0 cm³/mol. The Balaban J connectivity index is 1.90. The quantitative estimate of drug-likeness (QED) is 0.671. The third-order valence-corrected chi connectivity index (χ3v) is 3.85. The average molecular weight is 305 g/mol. The molecule has 3 N–H and O–H groups in total. The zero-order valence-corrected chi connectivity index (χ0v) is 12.4. The summed E-state index contributed by atoms with van der Waals surface area (Å²) in [5.74, 6) is 0.608. The molecule has 4 rings (SSSR count). The molecule has 0 bridgehead atoms. The number of hydrogen-bond acceptors (Lipinski definition) is 4. The van der Waals surface area contributed by atoms with Crippen LogP contribution in [0.1, 0.15) is 10.4 Å². The standard InChI is InChI=1S/C17H15N5O/c18-12-5-3-4-11(10-12)16(23)21-17-20-14-7-2-1-6-13(14)15-19-8-9-22(15)17/h1-7,10,19H,8-9,18H2. The number of fused-ring (bicyclic) bond motifs is 3. The van der Waals surface area contributed by atoms with Crippen LogP contribution >= 0.6 is 0 Å². The minimum Gasteiger partial charge on any atom is -0.399 e. The Bertz CT molecular complexity index is 990. The van der Waals surface area contributed by atoms with Crippen molar-refractivity contribution in [1.82, 2.24) is 9.55 Å². The second-order valence-corrected chi connectivity index (χ2v) is 5.40. The fourth-order valence-corrected chi connectivity index (χ4v) is 2.79. The van der Waals surface area contributed by atoms with Crippen LogP contribution in [0, 0.1) is 0 Å². The summed E-state index contributed by atoms with van der Waals surface area (Å²) in [5.41, 5.74) is 7.95. The van der Waals surface area contributed by atoms with Gasteiger partial charge < -0.3 is 11.1 Å². The molecule has 6 nitrogen and oxygen atoms in total. The molecule has 0 spiro atoms. The molecule has 0 saturated carbocycles. The summed E-state index contributed by atoms with van der Waals surface area (Å²) in [6.07, 6.45) is 0. The van der Waals surface area contributed by atoms with E-state index in [1.54, 1.807) is 24.3 Å². The number of nitrogens with zero attached hydrogens (tertiary/aromatic N) is 3. The molecular weight excluding hydrogens is 290 g/mol. The summed E-state index contributed by atoms with van der Waals surface area (Å²) < 4.78 is 1.94. The van der Waals surface area contributed by atoms with Crippen LogP contribution in [0.3, 0.4) is 0 Å². The number of benzene rings is 2. The van der Waals surface area contributed by atoms with Crippen molar-refractivity contribution in [2.75, 3.05) is 17.6 Å². The first-order valence-corrected chi connectivity index (χ1v) is 7.40. The molecule has 23 heavy (non-hydrogen) atoms. The van der Waals surface area contributed by atoms with Gasteiger partial charge in [0.05, 0.1) is 5.52 Å². The fourth-order valence-electron chi connectivity index (χ4n) is 2.79. The highest BCUT2D eigenvalue weighted by Gasteiger charge is 2.15. The molecule has 0 atom stereocenters. The summed E-state index contributed by atoms with van der Waals surface area (Å²) in [5, 5.41) is 4.37. The van der Waals surface area contributed by atoms with Gasteiger partial charge in [0, 0.05) is 29.7 Å². The lowest BCUT2D eigenvalue weighted by molar-refractivity contribution is 0.0996. The van der Waals surface area contributed by atoms with E-state index in [0.717, 1.165) is 29.8 Å². The predicted octanol–water partition coefficient (Wildman–Crippen LogP) is 1.79. The lowest BCUT2D eigenvalue weighted by atomic mass is 10.2. The first kappa shape index (κ1) is 13.5. The number of anilines is 2. The number of hydrogen-bond donors (Lipinski definition) is 2. The fraction of sp³-hybridized carbons (Fsp3) is 0.118. The maximum atomic E-state index is 12.4. The number of aromatic nitrogens is 2. The topological polar surface area (TPSA) is 85.3 Å². The molecule has 0 radical (unpaired) electrons. The summed E-state index contributed by atoms with van der Waals surface area (Å²) in [7, 11) is 0. The van der Waals surface area contributed by atoms with E-state index in [1.165, 1.54) is 0 Å². The summed E-state index contributed by atoms with van der Waals surface area (Å²) >= 11 is 0. The van der Waals surface area contributed by atoms with Gasteiger partial charge in [0.2, 0.25) is 5.62 Å². The molecule has 0 fully saturated rings. The molecule has 2 heterocycles. The van der Waals surface area contributed by atoms with Crippen molar-refractivity contribution in [2.24, 2.45) is 4.99 Å². The minimum atomic E-state index is -0.346. The van der Waals surface area contributed by atoms with Crippen molar-refractivity contribution < 1.29 is 4.79 Å². The van der Waals surface area contributed by atoms with Gasteiger partial charge in [0.25, 0.3) is 5.91 Å². The third-order valence-electron chi connectivity index (χ3n) is 3.85. The average Bonchev–Trinajstić information content (AvgIpc) is 3.05. The first-order chi connectivity index (χ1) is 11.2. The molecule has 0 saturated heterocycles. The monoisotopic (exact) mass is 305 g/mol. The zero-order chi connectivity index (χ0) is 15.8. The maximum absolute atomic E-state index is 12.4. The van der Waals surface area contributed by atoms with Gasteiger partial charge in [-0.3, -0.25) is 9.36 Å². The van der Waals surface area contributed by atoms with Gasteiger partial charge in [-0.2, -0.15) is 4.99 Å². The van der Waals surface area contributed by atoms with Crippen LogP contribution in [0.5, 0.6) is 0 Å². The number of amides is 1. The Labute approximate surface area is 132 Å². The Morgan fingerprint density at radius 2 is 2.09 bits per heavy atom. The maximum Gasteiger partial charge on any atom is 0.280 e. The Kier molecular flexibility index (Phi) is 3.08. The molecule has 6 heteroatoms. The van der Waals surface area contributed by atoms with Crippen molar-refractivity contribution in [2.45, 2.75) is 6.54 Å². The molecule has 1 aromatic heterocycles. The molecule has 1 amide bonds. The van der Waals surface area contributed by atoms with Gasteiger partial charge in [-0.1, -0.05) is 18.2 Å². The van der Waals surface area contributed by atoms with Gasteiger partial charge >= 0.3 is 0 Å². The van der Waals surface area contributed by atoms with Crippen molar-refractivity contribution in [3.05, 3.63) is 59.7 Å². The zero-order valence-electron chi connectivity index (χ0n) is 12.4. The molecule has 2 aromatic carbocycles. The number of nitrogens with two attached hydrogens (primary N) is 1. The molecule has 1 aliphatic rings. The molecule has 114 valence electrons. The van der Waals surface area contributed by atoms with Crippen LogP contribution in [0.25, 0.3) is 10.9 Å². The number of nitrogen functional groups attached to an aromatic ring is 1. The van der Waals surface area contributed by atoms with Crippen LogP contribution in [-0.4, -0.2) is 22.0 Å². The molecule has 0 unspecified atom stereocenters. The highest BCUT2D eigenvalue weighted by Crippen LogP contribution is 2.22.